The zero-order valence-electron chi connectivity index (χ0n) is 11.7. The lowest BCUT2D eigenvalue weighted by Crippen LogP contribution is -2.41. The van der Waals surface area contributed by atoms with Crippen LogP contribution in [-0.2, 0) is 0 Å². The normalized spacial score (nSPS) is 11.8. The highest BCUT2D eigenvalue weighted by Gasteiger charge is 2.28. The minimum Gasteiger partial charge on any atom is -0.451 e. The van der Waals surface area contributed by atoms with Crippen molar-refractivity contribution in [3.05, 3.63) is 36.1 Å². The standard InChI is InChI=1S/C15H19NO4/c1-15(9-17,10-18)8-16(2)14(19)13-7-11-5-3-4-6-12(11)20-13/h3-7,17-18H,8-10H2,1-2H3. The first kappa shape index (κ1) is 14.6. The van der Waals surface area contributed by atoms with E-state index in [-0.39, 0.29) is 31.4 Å². The molecular weight excluding hydrogens is 258 g/mol. The number of furan rings is 1. The number of aliphatic hydroxyl groups excluding tert-OH is 2. The summed E-state index contributed by atoms with van der Waals surface area (Å²) < 4.78 is 5.52. The van der Waals surface area contributed by atoms with Crippen LogP contribution in [-0.4, -0.2) is 47.8 Å². The predicted octanol–water partition coefficient (Wildman–Crippen LogP) is 1.50. The van der Waals surface area contributed by atoms with Crippen molar-refractivity contribution in [1.82, 2.24) is 4.90 Å². The van der Waals surface area contributed by atoms with Crippen LogP contribution in [0.4, 0.5) is 0 Å². The highest BCUT2D eigenvalue weighted by molar-refractivity contribution is 5.95. The number of rotatable bonds is 5. The predicted molar refractivity (Wildman–Crippen MR) is 75.5 cm³/mol. The molecule has 2 aromatic rings. The molecule has 0 bridgehead atoms. The molecule has 1 aromatic carbocycles. The third kappa shape index (κ3) is 2.84. The van der Waals surface area contributed by atoms with E-state index in [9.17, 15) is 15.0 Å². The summed E-state index contributed by atoms with van der Waals surface area (Å²) in [6.07, 6.45) is 0. The summed E-state index contributed by atoms with van der Waals surface area (Å²) >= 11 is 0. The highest BCUT2D eigenvalue weighted by atomic mass is 16.3. The van der Waals surface area contributed by atoms with Gasteiger partial charge in [0.2, 0.25) is 0 Å². The molecule has 0 aliphatic heterocycles. The second kappa shape index (κ2) is 5.64. The second-order valence-corrected chi connectivity index (χ2v) is 5.44. The maximum absolute atomic E-state index is 12.3. The molecule has 1 aromatic heterocycles. The molecule has 0 radical (unpaired) electrons. The lowest BCUT2D eigenvalue weighted by atomic mass is 9.92. The molecule has 5 nitrogen and oxygen atoms in total. The number of aliphatic hydroxyl groups is 2. The van der Waals surface area contributed by atoms with Crippen LogP contribution in [0.25, 0.3) is 11.0 Å². The average molecular weight is 277 g/mol. The minimum atomic E-state index is -0.726. The molecule has 0 aliphatic carbocycles. The maximum atomic E-state index is 12.3. The Hall–Kier alpha value is -1.85. The zero-order valence-corrected chi connectivity index (χ0v) is 11.7. The summed E-state index contributed by atoms with van der Waals surface area (Å²) in [6, 6.07) is 9.10. The first-order valence-corrected chi connectivity index (χ1v) is 6.45. The fraction of sp³-hybridized carbons (Fsp3) is 0.400. The van der Waals surface area contributed by atoms with E-state index in [2.05, 4.69) is 0 Å². The van der Waals surface area contributed by atoms with Gasteiger partial charge in [0.15, 0.2) is 5.76 Å². The van der Waals surface area contributed by atoms with Crippen LogP contribution < -0.4 is 0 Å². The monoisotopic (exact) mass is 277 g/mol. The molecule has 0 fully saturated rings. The van der Waals surface area contributed by atoms with E-state index in [1.165, 1.54) is 4.90 Å². The van der Waals surface area contributed by atoms with Crippen molar-refractivity contribution in [3.8, 4) is 0 Å². The number of carbonyl (C=O) groups is 1. The van der Waals surface area contributed by atoms with E-state index < -0.39 is 5.41 Å². The molecule has 0 saturated heterocycles. The van der Waals surface area contributed by atoms with Gasteiger partial charge >= 0.3 is 0 Å². The number of benzene rings is 1. The number of fused-ring (bicyclic) bond motifs is 1. The fourth-order valence-corrected chi connectivity index (χ4v) is 2.07. The lowest BCUT2D eigenvalue weighted by Gasteiger charge is -2.29. The van der Waals surface area contributed by atoms with Crippen LogP contribution in [0.2, 0.25) is 0 Å². The molecule has 0 aliphatic rings. The van der Waals surface area contributed by atoms with Crippen molar-refractivity contribution < 1.29 is 19.4 Å². The first-order valence-electron chi connectivity index (χ1n) is 6.45. The Morgan fingerprint density at radius 1 is 1.30 bits per heavy atom. The lowest BCUT2D eigenvalue weighted by molar-refractivity contribution is 0.0353. The fourth-order valence-electron chi connectivity index (χ4n) is 2.07. The van der Waals surface area contributed by atoms with Crippen molar-refractivity contribution in [1.29, 1.82) is 0 Å². The maximum Gasteiger partial charge on any atom is 0.289 e. The van der Waals surface area contributed by atoms with Gasteiger partial charge in [-0.15, -0.1) is 0 Å². The molecule has 108 valence electrons. The van der Waals surface area contributed by atoms with Gasteiger partial charge in [-0.2, -0.15) is 0 Å². The molecule has 0 unspecified atom stereocenters. The molecule has 0 atom stereocenters. The van der Waals surface area contributed by atoms with E-state index in [0.717, 1.165) is 5.39 Å². The van der Waals surface area contributed by atoms with Gasteiger partial charge in [-0.1, -0.05) is 25.1 Å². The Balaban J connectivity index is 2.18. The number of amides is 1. The van der Waals surface area contributed by atoms with Crippen LogP contribution in [0.15, 0.2) is 34.7 Å². The van der Waals surface area contributed by atoms with Crippen LogP contribution in [0.1, 0.15) is 17.5 Å². The van der Waals surface area contributed by atoms with Crippen molar-refractivity contribution >= 4 is 16.9 Å². The zero-order chi connectivity index (χ0) is 14.8. The molecule has 0 saturated carbocycles. The van der Waals surface area contributed by atoms with E-state index in [1.807, 2.05) is 18.2 Å². The van der Waals surface area contributed by atoms with E-state index >= 15 is 0 Å². The van der Waals surface area contributed by atoms with Gasteiger partial charge in [-0.25, -0.2) is 0 Å². The molecule has 0 spiro atoms. The van der Waals surface area contributed by atoms with Gasteiger partial charge in [-0.05, 0) is 12.1 Å². The largest absolute Gasteiger partial charge is 0.451 e. The van der Waals surface area contributed by atoms with Crippen molar-refractivity contribution in [2.24, 2.45) is 5.41 Å². The summed E-state index contributed by atoms with van der Waals surface area (Å²) in [5.74, 6) is -0.0127. The summed E-state index contributed by atoms with van der Waals surface area (Å²) in [4.78, 5) is 13.7. The Bertz CT molecular complexity index is 568. The third-order valence-corrected chi connectivity index (χ3v) is 3.37. The SMILES string of the molecule is CN(CC(C)(CO)CO)C(=O)c1cc2ccccc2o1. The molecule has 2 N–H and O–H groups in total. The number of hydrogen-bond acceptors (Lipinski definition) is 4. The quantitative estimate of drug-likeness (QED) is 0.868. The summed E-state index contributed by atoms with van der Waals surface area (Å²) in [5.41, 5.74) is -0.0625. The van der Waals surface area contributed by atoms with E-state index in [0.29, 0.717) is 5.58 Å². The topological polar surface area (TPSA) is 73.9 Å². The van der Waals surface area contributed by atoms with E-state index in [4.69, 9.17) is 4.42 Å². The average Bonchev–Trinajstić information content (AvgIpc) is 2.90. The van der Waals surface area contributed by atoms with E-state index in [1.54, 1.807) is 26.1 Å². The summed E-state index contributed by atoms with van der Waals surface area (Å²) in [6.45, 7) is 1.58. The molecule has 1 heterocycles. The summed E-state index contributed by atoms with van der Waals surface area (Å²) in [7, 11) is 1.62. The van der Waals surface area contributed by atoms with Crippen molar-refractivity contribution in [3.63, 3.8) is 0 Å². The Kier molecular flexibility index (Phi) is 4.11. The smallest absolute Gasteiger partial charge is 0.289 e. The van der Waals surface area contributed by atoms with Gasteiger partial charge < -0.3 is 19.5 Å². The van der Waals surface area contributed by atoms with Gasteiger partial charge in [0.25, 0.3) is 5.91 Å². The Morgan fingerprint density at radius 2 is 1.95 bits per heavy atom. The van der Waals surface area contributed by atoms with Gasteiger partial charge in [0, 0.05) is 24.4 Å². The Morgan fingerprint density at radius 3 is 2.55 bits per heavy atom. The van der Waals surface area contributed by atoms with Crippen LogP contribution in [0.3, 0.4) is 0 Å². The molecule has 2 rings (SSSR count). The van der Waals surface area contributed by atoms with Crippen molar-refractivity contribution in [2.45, 2.75) is 6.92 Å². The summed E-state index contributed by atoms with van der Waals surface area (Å²) in [5, 5.41) is 19.4. The minimum absolute atomic E-state index is 0.193. The molecular formula is C15H19NO4. The van der Waals surface area contributed by atoms with Gasteiger partial charge in [0.1, 0.15) is 5.58 Å². The number of carbonyl (C=O) groups excluding carboxylic acids is 1. The van der Waals surface area contributed by atoms with Crippen LogP contribution in [0.5, 0.6) is 0 Å². The van der Waals surface area contributed by atoms with Crippen LogP contribution >= 0.6 is 0 Å². The van der Waals surface area contributed by atoms with Crippen molar-refractivity contribution in [2.75, 3.05) is 26.8 Å². The van der Waals surface area contributed by atoms with Crippen LogP contribution in [0, 0.1) is 5.41 Å². The molecule has 20 heavy (non-hydrogen) atoms. The Labute approximate surface area is 117 Å². The number of hydrogen-bond donors (Lipinski definition) is 2. The number of para-hydroxylation sites is 1. The first-order chi connectivity index (χ1) is 9.49. The second-order valence-electron chi connectivity index (χ2n) is 5.44. The van der Waals surface area contributed by atoms with Gasteiger partial charge in [0.05, 0.1) is 13.2 Å². The molecule has 5 heteroatoms. The third-order valence-electron chi connectivity index (χ3n) is 3.37. The number of nitrogens with zero attached hydrogens (tertiary/aromatic N) is 1. The van der Waals surface area contributed by atoms with Gasteiger partial charge in [-0.3, -0.25) is 4.79 Å². The highest BCUT2D eigenvalue weighted by Crippen LogP contribution is 2.21. The molecule has 1 amide bonds.